The molecule has 0 radical (unpaired) electrons. The van der Waals surface area contributed by atoms with Gasteiger partial charge in [0.15, 0.2) is 0 Å². The molecule has 0 fully saturated rings. The molecule has 0 saturated heterocycles. The zero-order chi connectivity index (χ0) is 30.2. The number of aromatic nitrogens is 1. The maximum absolute atomic E-state index is 6.66. The summed E-state index contributed by atoms with van der Waals surface area (Å²) in [6.45, 7) is 0.0500. The minimum absolute atomic E-state index is 0.0500. The van der Waals surface area contributed by atoms with Gasteiger partial charge in [-0.25, -0.2) is 0 Å². The Hall–Kier alpha value is -6.00. The van der Waals surface area contributed by atoms with E-state index in [4.69, 9.17) is 9.47 Å². The summed E-state index contributed by atoms with van der Waals surface area (Å²) in [6, 6.07) is 55.9. The van der Waals surface area contributed by atoms with Gasteiger partial charge in [-0.1, -0.05) is 109 Å². The van der Waals surface area contributed by atoms with Gasteiger partial charge < -0.3 is 14.0 Å². The number of ether oxygens (including phenoxy) is 2. The van der Waals surface area contributed by atoms with Gasteiger partial charge in [0.2, 0.25) is 0 Å². The molecule has 0 aliphatic carbocycles. The van der Waals surface area contributed by atoms with Crippen molar-refractivity contribution in [2.45, 2.75) is 0 Å². The SMILES string of the molecule is c1ccc(-c2ccc3c(c2)c2cc(-c4ccccc4)ccc2n3-c2cc3c4c(c2)Oc2ccccc2B4c2ccccc2O3)cc1. The molecule has 2 aliphatic rings. The number of para-hydroxylation sites is 2. The molecule has 0 bridgehead atoms. The van der Waals surface area contributed by atoms with E-state index in [1.807, 2.05) is 12.1 Å². The fraction of sp³-hybridized carbons (Fsp3) is 0. The average molecular weight is 587 g/mol. The Morgan fingerprint density at radius 2 is 0.848 bits per heavy atom. The van der Waals surface area contributed by atoms with Crippen molar-refractivity contribution in [1.29, 1.82) is 0 Å². The van der Waals surface area contributed by atoms with Gasteiger partial charge in [0.25, 0.3) is 6.71 Å². The molecule has 0 unspecified atom stereocenters. The Bertz CT molecular complexity index is 2320. The molecule has 0 atom stereocenters. The standard InChI is InChI=1S/C42H26BNO2/c1-3-11-27(12-4-1)29-19-21-36-32(23-29)33-24-30(28-13-5-2-6-14-28)20-22-37(33)44(36)31-25-40-42-41(26-31)46-39-18-10-8-16-35(39)43(42)34-15-7-9-17-38(34)45-40/h1-26H. The normalized spacial score (nSPS) is 12.7. The summed E-state index contributed by atoms with van der Waals surface area (Å²) in [5.74, 6) is 3.45. The molecule has 0 N–H and O–H groups in total. The van der Waals surface area contributed by atoms with Gasteiger partial charge in [-0.2, -0.15) is 0 Å². The Labute approximate surface area is 267 Å². The molecule has 3 heterocycles. The van der Waals surface area contributed by atoms with Crippen molar-refractivity contribution in [2.75, 3.05) is 0 Å². The summed E-state index contributed by atoms with van der Waals surface area (Å²) in [7, 11) is 0. The minimum atomic E-state index is 0.0500. The quantitative estimate of drug-likeness (QED) is 0.193. The molecule has 1 aromatic heterocycles. The summed E-state index contributed by atoms with van der Waals surface area (Å²) in [5.41, 5.74) is 11.5. The largest absolute Gasteiger partial charge is 0.458 e. The van der Waals surface area contributed by atoms with Gasteiger partial charge in [-0.05, 0) is 69.6 Å². The molecule has 0 spiro atoms. The fourth-order valence-corrected chi connectivity index (χ4v) is 7.43. The lowest BCUT2D eigenvalue weighted by molar-refractivity contribution is 0.464. The second-order valence-electron chi connectivity index (χ2n) is 12.1. The third-order valence-electron chi connectivity index (χ3n) is 9.51. The van der Waals surface area contributed by atoms with Crippen LogP contribution in [0.2, 0.25) is 0 Å². The summed E-state index contributed by atoms with van der Waals surface area (Å²) in [5, 5.41) is 2.41. The van der Waals surface area contributed by atoms with Gasteiger partial charge in [-0.3, -0.25) is 0 Å². The molecule has 3 nitrogen and oxygen atoms in total. The van der Waals surface area contributed by atoms with E-state index < -0.39 is 0 Å². The number of rotatable bonds is 3. The minimum Gasteiger partial charge on any atom is -0.458 e. The molecule has 2 aliphatic heterocycles. The zero-order valence-electron chi connectivity index (χ0n) is 24.9. The van der Waals surface area contributed by atoms with Crippen LogP contribution in [0.15, 0.2) is 158 Å². The molecule has 10 rings (SSSR count). The van der Waals surface area contributed by atoms with E-state index in [1.165, 1.54) is 44.0 Å². The monoisotopic (exact) mass is 587 g/mol. The third kappa shape index (κ3) is 3.74. The lowest BCUT2D eigenvalue weighted by Gasteiger charge is -2.33. The van der Waals surface area contributed by atoms with Crippen LogP contribution in [-0.2, 0) is 0 Å². The van der Waals surface area contributed by atoms with Crippen LogP contribution >= 0.6 is 0 Å². The second kappa shape index (κ2) is 9.75. The van der Waals surface area contributed by atoms with Crippen LogP contribution in [0.4, 0.5) is 0 Å². The molecular weight excluding hydrogens is 561 g/mol. The Kier molecular flexibility index (Phi) is 5.37. The first-order valence-electron chi connectivity index (χ1n) is 15.7. The van der Waals surface area contributed by atoms with Crippen LogP contribution in [0.1, 0.15) is 0 Å². The van der Waals surface area contributed by atoms with Crippen LogP contribution in [-0.4, -0.2) is 11.3 Å². The lowest BCUT2D eigenvalue weighted by atomic mass is 9.35. The highest BCUT2D eigenvalue weighted by Crippen LogP contribution is 2.41. The number of nitrogens with zero attached hydrogens (tertiary/aromatic N) is 1. The first kappa shape index (κ1) is 25.3. The highest BCUT2D eigenvalue weighted by atomic mass is 16.5. The maximum atomic E-state index is 6.66. The summed E-state index contributed by atoms with van der Waals surface area (Å²) >= 11 is 0. The van der Waals surface area contributed by atoms with Crippen molar-refractivity contribution in [2.24, 2.45) is 0 Å². The average Bonchev–Trinajstić information content (AvgIpc) is 3.45. The smallest absolute Gasteiger partial charge is 0.260 e. The van der Waals surface area contributed by atoms with Crippen LogP contribution in [0.3, 0.4) is 0 Å². The first-order valence-corrected chi connectivity index (χ1v) is 15.7. The lowest BCUT2D eigenvalue weighted by Crippen LogP contribution is -2.57. The summed E-state index contributed by atoms with van der Waals surface area (Å²) in [6.07, 6.45) is 0. The number of fused-ring (bicyclic) bond motifs is 7. The van der Waals surface area contributed by atoms with E-state index >= 15 is 0 Å². The van der Waals surface area contributed by atoms with Gasteiger partial charge in [0.05, 0.1) is 16.7 Å². The van der Waals surface area contributed by atoms with Gasteiger partial charge in [0.1, 0.15) is 23.0 Å². The van der Waals surface area contributed by atoms with Gasteiger partial charge in [-0.15, -0.1) is 0 Å². The van der Waals surface area contributed by atoms with E-state index in [1.54, 1.807) is 0 Å². The number of hydrogen-bond acceptors (Lipinski definition) is 2. The van der Waals surface area contributed by atoms with Crippen LogP contribution in [0.25, 0.3) is 49.7 Å². The van der Waals surface area contributed by atoms with Crippen molar-refractivity contribution < 1.29 is 9.47 Å². The Morgan fingerprint density at radius 3 is 1.35 bits per heavy atom. The van der Waals surface area contributed by atoms with Crippen molar-refractivity contribution in [3.05, 3.63) is 158 Å². The molecule has 4 heteroatoms. The fourth-order valence-electron chi connectivity index (χ4n) is 7.43. The Balaban J connectivity index is 1.24. The first-order chi connectivity index (χ1) is 22.8. The molecule has 0 saturated carbocycles. The highest BCUT2D eigenvalue weighted by Gasteiger charge is 2.40. The maximum Gasteiger partial charge on any atom is 0.260 e. The molecule has 0 amide bonds. The van der Waals surface area contributed by atoms with Crippen molar-refractivity contribution in [3.8, 4) is 50.9 Å². The third-order valence-corrected chi connectivity index (χ3v) is 9.51. The van der Waals surface area contributed by atoms with Crippen molar-refractivity contribution in [1.82, 2.24) is 4.57 Å². The zero-order valence-corrected chi connectivity index (χ0v) is 24.9. The number of hydrogen-bond donors (Lipinski definition) is 0. The van der Waals surface area contributed by atoms with E-state index in [0.29, 0.717) is 0 Å². The van der Waals surface area contributed by atoms with Crippen LogP contribution in [0, 0.1) is 0 Å². The number of benzene rings is 7. The highest BCUT2D eigenvalue weighted by molar-refractivity contribution is 6.98. The van der Waals surface area contributed by atoms with Crippen LogP contribution in [0.5, 0.6) is 23.0 Å². The molecule has 8 aromatic rings. The van der Waals surface area contributed by atoms with E-state index in [2.05, 4.69) is 150 Å². The van der Waals surface area contributed by atoms with Crippen LogP contribution < -0.4 is 25.9 Å². The van der Waals surface area contributed by atoms with Gasteiger partial charge in [0, 0.05) is 28.4 Å². The summed E-state index contributed by atoms with van der Waals surface area (Å²) < 4.78 is 15.7. The van der Waals surface area contributed by atoms with E-state index in [-0.39, 0.29) is 6.71 Å². The predicted molar refractivity (Wildman–Crippen MR) is 189 cm³/mol. The van der Waals surface area contributed by atoms with Crippen molar-refractivity contribution >= 4 is 44.9 Å². The summed E-state index contributed by atoms with van der Waals surface area (Å²) in [4.78, 5) is 0. The second-order valence-corrected chi connectivity index (χ2v) is 12.1. The topological polar surface area (TPSA) is 23.4 Å². The Morgan fingerprint density at radius 1 is 0.391 bits per heavy atom. The van der Waals surface area contributed by atoms with E-state index in [9.17, 15) is 0 Å². The van der Waals surface area contributed by atoms with Crippen molar-refractivity contribution in [3.63, 3.8) is 0 Å². The predicted octanol–water partition coefficient (Wildman–Crippen LogP) is 8.85. The molecule has 7 aromatic carbocycles. The molecule has 214 valence electrons. The molecular formula is C42H26BNO2. The van der Waals surface area contributed by atoms with Gasteiger partial charge >= 0.3 is 0 Å². The molecule has 46 heavy (non-hydrogen) atoms. The van der Waals surface area contributed by atoms with E-state index in [0.717, 1.165) is 45.2 Å².